The molecule has 0 aliphatic rings. The lowest BCUT2D eigenvalue weighted by molar-refractivity contribution is -0.117. The van der Waals surface area contributed by atoms with Crippen molar-refractivity contribution in [2.75, 3.05) is 11.9 Å². The van der Waals surface area contributed by atoms with Gasteiger partial charge in [0, 0.05) is 12.1 Å². The summed E-state index contributed by atoms with van der Waals surface area (Å²) < 4.78 is 13.2. The predicted molar refractivity (Wildman–Crippen MR) is 76.4 cm³/mol. The maximum atomic E-state index is 13.2. The second-order valence-electron chi connectivity index (χ2n) is 5.50. The highest BCUT2D eigenvalue weighted by Gasteiger charge is 2.14. The second kappa shape index (κ2) is 7.24. The maximum Gasteiger partial charge on any atom is 0.224 e. The van der Waals surface area contributed by atoms with Crippen LogP contribution in [0.15, 0.2) is 18.2 Å². The number of benzene rings is 1. The fourth-order valence-corrected chi connectivity index (χ4v) is 2.21. The molecule has 3 nitrogen and oxygen atoms in total. The highest BCUT2D eigenvalue weighted by molar-refractivity contribution is 5.90. The molecular formula is C15H23FN2O. The summed E-state index contributed by atoms with van der Waals surface area (Å²) in [4.78, 5) is 11.9. The van der Waals surface area contributed by atoms with E-state index in [-0.39, 0.29) is 17.6 Å². The van der Waals surface area contributed by atoms with E-state index < -0.39 is 0 Å². The molecule has 0 aromatic heterocycles. The van der Waals surface area contributed by atoms with Gasteiger partial charge in [-0.15, -0.1) is 0 Å². The van der Waals surface area contributed by atoms with Crippen LogP contribution in [-0.4, -0.2) is 12.5 Å². The van der Waals surface area contributed by atoms with Gasteiger partial charge in [-0.25, -0.2) is 4.39 Å². The molecule has 0 bridgehead atoms. The summed E-state index contributed by atoms with van der Waals surface area (Å²) in [6.07, 6.45) is 1.30. The normalized spacial score (nSPS) is 12.5. The summed E-state index contributed by atoms with van der Waals surface area (Å²) in [5.74, 6) is 0.237. The molecule has 1 aromatic rings. The van der Waals surface area contributed by atoms with Crippen molar-refractivity contribution in [2.45, 2.75) is 33.6 Å². The Morgan fingerprint density at radius 1 is 1.37 bits per heavy atom. The van der Waals surface area contributed by atoms with Crippen LogP contribution in [0.1, 0.15) is 32.3 Å². The molecule has 0 spiro atoms. The van der Waals surface area contributed by atoms with E-state index in [4.69, 9.17) is 5.73 Å². The first-order valence-electron chi connectivity index (χ1n) is 6.67. The fourth-order valence-electron chi connectivity index (χ4n) is 2.21. The van der Waals surface area contributed by atoms with Crippen molar-refractivity contribution in [1.29, 1.82) is 0 Å². The summed E-state index contributed by atoms with van der Waals surface area (Å²) in [6, 6.07) is 4.50. The Labute approximate surface area is 114 Å². The SMILES string of the molecule is Cc1cc(F)cc(NC(=O)C[C@@H](CN)CC(C)C)c1. The van der Waals surface area contributed by atoms with Crippen molar-refractivity contribution in [3.05, 3.63) is 29.6 Å². The molecule has 1 atom stereocenters. The molecule has 0 saturated heterocycles. The van der Waals surface area contributed by atoms with E-state index >= 15 is 0 Å². The third-order valence-electron chi connectivity index (χ3n) is 2.94. The highest BCUT2D eigenvalue weighted by atomic mass is 19.1. The van der Waals surface area contributed by atoms with Crippen molar-refractivity contribution >= 4 is 11.6 Å². The average molecular weight is 266 g/mol. The van der Waals surface area contributed by atoms with Gasteiger partial charge in [-0.1, -0.05) is 13.8 Å². The van der Waals surface area contributed by atoms with Crippen LogP contribution in [0.3, 0.4) is 0 Å². The first kappa shape index (κ1) is 15.6. The highest BCUT2D eigenvalue weighted by Crippen LogP contribution is 2.17. The van der Waals surface area contributed by atoms with E-state index in [1.807, 2.05) is 0 Å². The molecule has 106 valence electrons. The van der Waals surface area contributed by atoms with Gasteiger partial charge in [0.1, 0.15) is 5.82 Å². The Kier molecular flexibility index (Phi) is 5.96. The number of carbonyl (C=O) groups excluding carboxylic acids is 1. The van der Waals surface area contributed by atoms with Gasteiger partial charge in [-0.3, -0.25) is 4.79 Å². The minimum atomic E-state index is -0.340. The second-order valence-corrected chi connectivity index (χ2v) is 5.50. The van der Waals surface area contributed by atoms with Crippen LogP contribution in [0.5, 0.6) is 0 Å². The van der Waals surface area contributed by atoms with E-state index in [0.717, 1.165) is 12.0 Å². The monoisotopic (exact) mass is 266 g/mol. The summed E-state index contributed by atoms with van der Waals surface area (Å²) in [7, 11) is 0. The molecule has 0 heterocycles. The van der Waals surface area contributed by atoms with E-state index in [0.29, 0.717) is 24.6 Å². The van der Waals surface area contributed by atoms with Gasteiger partial charge in [0.2, 0.25) is 5.91 Å². The Hall–Kier alpha value is -1.42. The lowest BCUT2D eigenvalue weighted by atomic mass is 9.94. The minimum absolute atomic E-state index is 0.110. The molecule has 3 N–H and O–H groups in total. The number of nitrogens with one attached hydrogen (secondary N) is 1. The molecule has 1 amide bonds. The smallest absolute Gasteiger partial charge is 0.224 e. The molecule has 4 heteroatoms. The minimum Gasteiger partial charge on any atom is -0.330 e. The molecular weight excluding hydrogens is 243 g/mol. The predicted octanol–water partition coefficient (Wildman–Crippen LogP) is 3.08. The van der Waals surface area contributed by atoms with Crippen LogP contribution in [0.25, 0.3) is 0 Å². The van der Waals surface area contributed by atoms with Gasteiger partial charge >= 0.3 is 0 Å². The molecule has 0 unspecified atom stereocenters. The summed E-state index contributed by atoms with van der Waals surface area (Å²) in [6.45, 7) is 6.50. The first-order valence-corrected chi connectivity index (χ1v) is 6.67. The standard InChI is InChI=1S/C15H23FN2O/c1-10(2)4-12(9-17)7-15(19)18-14-6-11(3)5-13(16)8-14/h5-6,8,10,12H,4,7,9,17H2,1-3H3,(H,18,19)/t12-/m0/s1. The van der Waals surface area contributed by atoms with Crippen LogP contribution in [-0.2, 0) is 4.79 Å². The van der Waals surface area contributed by atoms with Gasteiger partial charge in [0.05, 0.1) is 0 Å². The van der Waals surface area contributed by atoms with Crippen molar-refractivity contribution in [1.82, 2.24) is 0 Å². The maximum absolute atomic E-state index is 13.2. The van der Waals surface area contributed by atoms with Gasteiger partial charge in [0.15, 0.2) is 0 Å². The fraction of sp³-hybridized carbons (Fsp3) is 0.533. The number of halogens is 1. The Balaban J connectivity index is 2.58. The average Bonchev–Trinajstić information content (AvgIpc) is 2.25. The first-order chi connectivity index (χ1) is 8.90. The summed E-state index contributed by atoms with van der Waals surface area (Å²) in [5.41, 5.74) is 6.96. The van der Waals surface area contributed by atoms with Crippen LogP contribution >= 0.6 is 0 Å². The number of hydrogen-bond donors (Lipinski definition) is 2. The number of aryl methyl sites for hydroxylation is 1. The van der Waals surface area contributed by atoms with Crippen molar-refractivity contribution < 1.29 is 9.18 Å². The number of amides is 1. The zero-order chi connectivity index (χ0) is 14.4. The number of carbonyl (C=O) groups is 1. The molecule has 0 radical (unpaired) electrons. The summed E-state index contributed by atoms with van der Waals surface area (Å²) in [5, 5.41) is 2.73. The van der Waals surface area contributed by atoms with Crippen LogP contribution in [0.4, 0.5) is 10.1 Å². The number of anilines is 1. The molecule has 1 aromatic carbocycles. The van der Waals surface area contributed by atoms with E-state index in [2.05, 4.69) is 19.2 Å². The van der Waals surface area contributed by atoms with E-state index in [9.17, 15) is 9.18 Å². The molecule has 1 rings (SSSR count). The largest absolute Gasteiger partial charge is 0.330 e. The summed E-state index contributed by atoms with van der Waals surface area (Å²) >= 11 is 0. The Bertz CT molecular complexity index is 412. The van der Waals surface area contributed by atoms with Gasteiger partial charge in [-0.05, 0) is 55.5 Å². The molecule has 0 fully saturated rings. The third kappa shape index (κ3) is 5.83. The molecule has 0 aliphatic carbocycles. The van der Waals surface area contributed by atoms with Crippen LogP contribution < -0.4 is 11.1 Å². The van der Waals surface area contributed by atoms with Crippen LogP contribution in [0, 0.1) is 24.6 Å². The lowest BCUT2D eigenvalue weighted by Gasteiger charge is -2.16. The van der Waals surface area contributed by atoms with Crippen molar-refractivity contribution in [3.63, 3.8) is 0 Å². The van der Waals surface area contributed by atoms with Crippen molar-refractivity contribution in [2.24, 2.45) is 17.6 Å². The quantitative estimate of drug-likeness (QED) is 0.831. The lowest BCUT2D eigenvalue weighted by Crippen LogP contribution is -2.23. The topological polar surface area (TPSA) is 55.1 Å². The number of hydrogen-bond acceptors (Lipinski definition) is 2. The van der Waals surface area contributed by atoms with E-state index in [1.54, 1.807) is 13.0 Å². The molecule has 0 aliphatic heterocycles. The van der Waals surface area contributed by atoms with Gasteiger partial charge < -0.3 is 11.1 Å². The van der Waals surface area contributed by atoms with E-state index in [1.165, 1.54) is 12.1 Å². The van der Waals surface area contributed by atoms with Crippen molar-refractivity contribution in [3.8, 4) is 0 Å². The Morgan fingerprint density at radius 2 is 2.05 bits per heavy atom. The number of nitrogens with two attached hydrogens (primary N) is 1. The zero-order valence-corrected chi connectivity index (χ0v) is 11.9. The zero-order valence-electron chi connectivity index (χ0n) is 11.9. The Morgan fingerprint density at radius 3 is 2.58 bits per heavy atom. The van der Waals surface area contributed by atoms with Crippen LogP contribution in [0.2, 0.25) is 0 Å². The molecule has 0 saturated carbocycles. The number of rotatable bonds is 6. The van der Waals surface area contributed by atoms with Gasteiger partial charge in [-0.2, -0.15) is 0 Å². The van der Waals surface area contributed by atoms with Gasteiger partial charge in [0.25, 0.3) is 0 Å². The molecule has 19 heavy (non-hydrogen) atoms. The third-order valence-corrected chi connectivity index (χ3v) is 2.94.